The molecule has 0 spiro atoms. The van der Waals surface area contributed by atoms with Crippen molar-refractivity contribution in [2.45, 2.75) is 39.3 Å². The summed E-state index contributed by atoms with van der Waals surface area (Å²) in [6.07, 6.45) is 2.36. The minimum Gasteiger partial charge on any atom is -0.465 e. The molecule has 0 aliphatic carbocycles. The van der Waals surface area contributed by atoms with Gasteiger partial charge in [-0.1, -0.05) is 0 Å². The predicted molar refractivity (Wildman–Crippen MR) is 76.7 cm³/mol. The molecular formula is C15H20N2O3. The summed E-state index contributed by atoms with van der Waals surface area (Å²) in [5, 5.41) is 15.1. The molecule has 2 aromatic rings. The SMILES string of the molecule is COC(=O)c1cc2c(cnn2CCC(C)(C)O)cc1C. The first kappa shape index (κ1) is 14.5. The summed E-state index contributed by atoms with van der Waals surface area (Å²) in [6.45, 7) is 6.00. The van der Waals surface area contributed by atoms with Crippen LogP contribution in [0, 0.1) is 6.92 Å². The van der Waals surface area contributed by atoms with E-state index in [2.05, 4.69) is 5.10 Å². The van der Waals surface area contributed by atoms with Gasteiger partial charge in [0.25, 0.3) is 0 Å². The number of rotatable bonds is 4. The molecule has 0 bridgehead atoms. The number of methoxy groups -OCH3 is 1. The first-order chi connectivity index (χ1) is 9.31. The average molecular weight is 276 g/mol. The molecule has 2 rings (SSSR count). The van der Waals surface area contributed by atoms with E-state index in [1.54, 1.807) is 30.8 Å². The van der Waals surface area contributed by atoms with Crippen LogP contribution in [0.1, 0.15) is 36.2 Å². The molecule has 0 saturated carbocycles. The normalized spacial score (nSPS) is 11.8. The third-order valence-corrected chi connectivity index (χ3v) is 3.33. The largest absolute Gasteiger partial charge is 0.465 e. The maximum absolute atomic E-state index is 11.7. The maximum atomic E-state index is 11.7. The van der Waals surface area contributed by atoms with Gasteiger partial charge in [0.1, 0.15) is 0 Å². The van der Waals surface area contributed by atoms with E-state index in [1.165, 1.54) is 7.11 Å². The first-order valence-electron chi connectivity index (χ1n) is 6.59. The molecular weight excluding hydrogens is 256 g/mol. The number of nitrogens with zero attached hydrogens (tertiary/aromatic N) is 2. The van der Waals surface area contributed by atoms with Crippen molar-refractivity contribution in [2.75, 3.05) is 7.11 Å². The van der Waals surface area contributed by atoms with E-state index in [9.17, 15) is 9.90 Å². The van der Waals surface area contributed by atoms with Crippen LogP contribution in [0.2, 0.25) is 0 Å². The summed E-state index contributed by atoms with van der Waals surface area (Å²) in [5.41, 5.74) is 1.55. The molecule has 5 nitrogen and oxygen atoms in total. The fourth-order valence-corrected chi connectivity index (χ4v) is 2.13. The fraction of sp³-hybridized carbons (Fsp3) is 0.467. The highest BCUT2D eigenvalue weighted by atomic mass is 16.5. The number of benzene rings is 1. The van der Waals surface area contributed by atoms with Crippen LogP contribution in [0.25, 0.3) is 10.9 Å². The third-order valence-electron chi connectivity index (χ3n) is 3.33. The van der Waals surface area contributed by atoms with Gasteiger partial charge >= 0.3 is 5.97 Å². The van der Waals surface area contributed by atoms with Crippen molar-refractivity contribution in [3.63, 3.8) is 0 Å². The van der Waals surface area contributed by atoms with Crippen molar-refractivity contribution >= 4 is 16.9 Å². The van der Waals surface area contributed by atoms with E-state index < -0.39 is 5.60 Å². The summed E-state index contributed by atoms with van der Waals surface area (Å²) in [6, 6.07) is 3.73. The third kappa shape index (κ3) is 2.99. The molecule has 1 N–H and O–H groups in total. The zero-order valence-corrected chi connectivity index (χ0v) is 12.3. The van der Waals surface area contributed by atoms with Gasteiger partial charge in [0.2, 0.25) is 0 Å². The van der Waals surface area contributed by atoms with E-state index in [1.807, 2.05) is 13.0 Å². The highest BCUT2D eigenvalue weighted by molar-refractivity contribution is 5.96. The second kappa shape index (κ2) is 5.25. The van der Waals surface area contributed by atoms with Crippen LogP contribution in [-0.4, -0.2) is 33.6 Å². The Bertz CT molecular complexity index is 638. The number of aliphatic hydroxyl groups is 1. The predicted octanol–water partition coefficient (Wildman–Crippen LogP) is 2.29. The topological polar surface area (TPSA) is 64.3 Å². The van der Waals surface area contributed by atoms with Crippen LogP contribution < -0.4 is 0 Å². The zero-order valence-electron chi connectivity index (χ0n) is 12.3. The molecule has 1 aromatic heterocycles. The van der Waals surface area contributed by atoms with Gasteiger partial charge in [-0.15, -0.1) is 0 Å². The van der Waals surface area contributed by atoms with Gasteiger partial charge < -0.3 is 9.84 Å². The summed E-state index contributed by atoms with van der Waals surface area (Å²) >= 11 is 0. The fourth-order valence-electron chi connectivity index (χ4n) is 2.13. The summed E-state index contributed by atoms with van der Waals surface area (Å²) in [4.78, 5) is 11.7. The highest BCUT2D eigenvalue weighted by Gasteiger charge is 2.16. The zero-order chi connectivity index (χ0) is 14.9. The van der Waals surface area contributed by atoms with Crippen molar-refractivity contribution in [3.8, 4) is 0 Å². The smallest absolute Gasteiger partial charge is 0.338 e. The molecule has 0 aliphatic rings. The Morgan fingerprint density at radius 3 is 2.75 bits per heavy atom. The Morgan fingerprint density at radius 2 is 2.15 bits per heavy atom. The van der Waals surface area contributed by atoms with Gasteiger partial charge in [-0.25, -0.2) is 4.79 Å². The van der Waals surface area contributed by atoms with Gasteiger partial charge in [-0.05, 0) is 44.9 Å². The minimum atomic E-state index is -0.742. The van der Waals surface area contributed by atoms with E-state index in [0.717, 1.165) is 16.5 Å². The Morgan fingerprint density at radius 1 is 1.45 bits per heavy atom. The van der Waals surface area contributed by atoms with Crippen LogP contribution in [0.3, 0.4) is 0 Å². The lowest BCUT2D eigenvalue weighted by molar-refractivity contribution is 0.0598. The lowest BCUT2D eigenvalue weighted by Crippen LogP contribution is -2.21. The Kier molecular flexibility index (Phi) is 3.81. The monoisotopic (exact) mass is 276 g/mol. The summed E-state index contributed by atoms with van der Waals surface area (Å²) in [7, 11) is 1.37. The van der Waals surface area contributed by atoms with Crippen LogP contribution in [0.5, 0.6) is 0 Å². The van der Waals surface area contributed by atoms with Gasteiger partial charge in [0, 0.05) is 11.9 Å². The van der Waals surface area contributed by atoms with Crippen molar-refractivity contribution in [3.05, 3.63) is 29.5 Å². The number of fused-ring (bicyclic) bond motifs is 1. The number of carbonyl (C=O) groups excluding carboxylic acids is 1. The molecule has 0 atom stereocenters. The number of hydrogen-bond acceptors (Lipinski definition) is 4. The second-order valence-electron chi connectivity index (χ2n) is 5.65. The van der Waals surface area contributed by atoms with E-state index in [0.29, 0.717) is 18.5 Å². The number of aromatic nitrogens is 2. The van der Waals surface area contributed by atoms with Gasteiger partial charge in [-0.2, -0.15) is 5.10 Å². The highest BCUT2D eigenvalue weighted by Crippen LogP contribution is 2.21. The number of esters is 1. The van der Waals surface area contributed by atoms with Crippen molar-refractivity contribution in [1.29, 1.82) is 0 Å². The molecule has 5 heteroatoms. The molecule has 0 saturated heterocycles. The standard InChI is InChI=1S/C15H20N2O3/c1-10-7-11-9-16-17(6-5-15(2,3)19)13(11)8-12(10)14(18)20-4/h7-9,19H,5-6H2,1-4H3. The van der Waals surface area contributed by atoms with E-state index in [-0.39, 0.29) is 5.97 Å². The van der Waals surface area contributed by atoms with Crippen molar-refractivity contribution < 1.29 is 14.6 Å². The number of carbonyl (C=O) groups is 1. The number of aryl methyl sites for hydroxylation is 2. The molecule has 1 aromatic carbocycles. The van der Waals surface area contributed by atoms with Crippen LogP contribution in [0.15, 0.2) is 18.3 Å². The first-order valence-corrected chi connectivity index (χ1v) is 6.59. The quantitative estimate of drug-likeness (QED) is 0.870. The van der Waals surface area contributed by atoms with Crippen molar-refractivity contribution in [1.82, 2.24) is 9.78 Å². The van der Waals surface area contributed by atoms with Gasteiger partial charge in [-0.3, -0.25) is 4.68 Å². The summed E-state index contributed by atoms with van der Waals surface area (Å²) < 4.78 is 6.59. The Balaban J connectivity index is 2.40. The average Bonchev–Trinajstić information content (AvgIpc) is 2.75. The second-order valence-corrected chi connectivity index (χ2v) is 5.65. The van der Waals surface area contributed by atoms with Crippen LogP contribution in [0.4, 0.5) is 0 Å². The Hall–Kier alpha value is -1.88. The summed E-state index contributed by atoms with van der Waals surface area (Å²) in [5.74, 6) is -0.348. The minimum absolute atomic E-state index is 0.348. The van der Waals surface area contributed by atoms with Gasteiger partial charge in [0.05, 0.1) is 30.0 Å². The number of ether oxygens (including phenoxy) is 1. The van der Waals surface area contributed by atoms with Crippen molar-refractivity contribution in [2.24, 2.45) is 0 Å². The van der Waals surface area contributed by atoms with E-state index >= 15 is 0 Å². The molecule has 0 radical (unpaired) electrons. The number of hydrogen-bond donors (Lipinski definition) is 1. The van der Waals surface area contributed by atoms with Gasteiger partial charge in [0.15, 0.2) is 0 Å². The van der Waals surface area contributed by atoms with Crippen LogP contribution in [-0.2, 0) is 11.3 Å². The lowest BCUT2D eigenvalue weighted by Gasteiger charge is -2.17. The molecule has 0 amide bonds. The lowest BCUT2D eigenvalue weighted by atomic mass is 10.1. The molecule has 0 aliphatic heterocycles. The molecule has 1 heterocycles. The van der Waals surface area contributed by atoms with Crippen LogP contribution >= 0.6 is 0 Å². The molecule has 0 fully saturated rings. The molecule has 0 unspecified atom stereocenters. The maximum Gasteiger partial charge on any atom is 0.338 e. The molecule has 20 heavy (non-hydrogen) atoms. The van der Waals surface area contributed by atoms with E-state index in [4.69, 9.17) is 4.74 Å². The Labute approximate surface area is 118 Å². The molecule has 108 valence electrons.